The number of carbonyl (C=O) groups excluding carboxylic acids is 1. The van der Waals surface area contributed by atoms with Gasteiger partial charge < -0.3 is 15.4 Å². The van der Waals surface area contributed by atoms with Crippen molar-refractivity contribution >= 4 is 5.91 Å². The van der Waals surface area contributed by atoms with Gasteiger partial charge in [-0.05, 0) is 25.8 Å². The molecule has 2 atom stereocenters. The third kappa shape index (κ3) is 4.21. The second-order valence-electron chi connectivity index (χ2n) is 5.27. The van der Waals surface area contributed by atoms with Gasteiger partial charge in [-0.25, -0.2) is 0 Å². The predicted molar refractivity (Wildman–Crippen MR) is 74.2 cm³/mol. The van der Waals surface area contributed by atoms with Crippen molar-refractivity contribution in [1.82, 2.24) is 10.3 Å². The van der Waals surface area contributed by atoms with Gasteiger partial charge in [-0.15, -0.1) is 0 Å². The zero-order valence-corrected chi connectivity index (χ0v) is 11.9. The molecule has 0 fully saturated rings. The van der Waals surface area contributed by atoms with Crippen LogP contribution in [0.4, 0.5) is 0 Å². The number of carbonyl (C=O) groups is 1. The molecule has 1 rings (SSSR count). The Bertz CT molecular complexity index is 506. The van der Waals surface area contributed by atoms with Gasteiger partial charge in [-0.3, -0.25) is 9.59 Å². The summed E-state index contributed by atoms with van der Waals surface area (Å²) >= 11 is 0. The third-order valence-electron chi connectivity index (χ3n) is 3.52. The first kappa shape index (κ1) is 15.4. The molecule has 1 heterocycles. The highest BCUT2D eigenvalue weighted by molar-refractivity contribution is 5.94. The molecule has 5 heteroatoms. The lowest BCUT2D eigenvalue weighted by Crippen LogP contribution is -2.45. The van der Waals surface area contributed by atoms with Crippen LogP contribution in [0.15, 0.2) is 16.9 Å². The molecule has 106 valence electrons. The summed E-state index contributed by atoms with van der Waals surface area (Å²) in [6.07, 6.45) is 0.826. The maximum absolute atomic E-state index is 11.9. The van der Waals surface area contributed by atoms with Crippen molar-refractivity contribution in [2.24, 2.45) is 5.92 Å². The lowest BCUT2D eigenvalue weighted by atomic mass is 9.88. The number of nitrogens with one attached hydrogen (secondary N) is 2. The minimum absolute atomic E-state index is 0.0775. The smallest absolute Gasteiger partial charge is 0.251 e. The molecule has 0 spiro atoms. The molecule has 0 saturated heterocycles. The highest BCUT2D eigenvalue weighted by Gasteiger charge is 2.27. The fraction of sp³-hybridized carbons (Fsp3) is 0.571. The van der Waals surface area contributed by atoms with Gasteiger partial charge in [0.05, 0.1) is 5.60 Å². The van der Waals surface area contributed by atoms with Crippen LogP contribution >= 0.6 is 0 Å². The fourth-order valence-electron chi connectivity index (χ4n) is 1.79. The van der Waals surface area contributed by atoms with Gasteiger partial charge in [-0.1, -0.05) is 20.3 Å². The van der Waals surface area contributed by atoms with Gasteiger partial charge in [-0.2, -0.15) is 0 Å². The van der Waals surface area contributed by atoms with E-state index >= 15 is 0 Å². The van der Waals surface area contributed by atoms with Crippen LogP contribution in [0.2, 0.25) is 0 Å². The average Bonchev–Trinajstić information content (AvgIpc) is 2.33. The van der Waals surface area contributed by atoms with Crippen LogP contribution in [0.25, 0.3) is 0 Å². The van der Waals surface area contributed by atoms with Gasteiger partial charge in [0.15, 0.2) is 0 Å². The number of hydrogen-bond acceptors (Lipinski definition) is 3. The summed E-state index contributed by atoms with van der Waals surface area (Å²) in [5, 5.41) is 12.9. The number of rotatable bonds is 5. The zero-order chi connectivity index (χ0) is 14.6. The van der Waals surface area contributed by atoms with E-state index < -0.39 is 5.60 Å². The number of aliphatic hydroxyl groups is 1. The first-order valence-corrected chi connectivity index (χ1v) is 6.48. The van der Waals surface area contributed by atoms with Crippen LogP contribution in [0.1, 0.15) is 43.2 Å². The number of H-pyrrole nitrogens is 1. The molecule has 0 bridgehead atoms. The normalized spacial score (nSPS) is 15.6. The van der Waals surface area contributed by atoms with Gasteiger partial charge in [0.1, 0.15) is 0 Å². The Morgan fingerprint density at radius 3 is 2.68 bits per heavy atom. The number of aromatic amines is 1. The Labute approximate surface area is 113 Å². The van der Waals surface area contributed by atoms with Crippen molar-refractivity contribution in [3.8, 4) is 0 Å². The Hall–Kier alpha value is -1.62. The van der Waals surface area contributed by atoms with Gasteiger partial charge in [0.2, 0.25) is 5.56 Å². The van der Waals surface area contributed by atoms with Crippen LogP contribution in [0.3, 0.4) is 0 Å². The summed E-state index contributed by atoms with van der Waals surface area (Å²) in [5.74, 6) is -0.272. The summed E-state index contributed by atoms with van der Waals surface area (Å²) in [7, 11) is 0. The molecule has 1 amide bonds. The molecule has 0 saturated carbocycles. The number of aromatic nitrogens is 1. The Balaban J connectivity index is 2.73. The second-order valence-corrected chi connectivity index (χ2v) is 5.27. The van der Waals surface area contributed by atoms with E-state index in [9.17, 15) is 14.7 Å². The third-order valence-corrected chi connectivity index (χ3v) is 3.52. The average molecular weight is 266 g/mol. The van der Waals surface area contributed by atoms with Crippen molar-refractivity contribution in [3.05, 3.63) is 33.7 Å². The first-order valence-electron chi connectivity index (χ1n) is 6.48. The van der Waals surface area contributed by atoms with Crippen molar-refractivity contribution in [1.29, 1.82) is 0 Å². The highest BCUT2D eigenvalue weighted by Crippen LogP contribution is 2.18. The molecule has 1 aromatic rings. The maximum Gasteiger partial charge on any atom is 0.251 e. The lowest BCUT2D eigenvalue weighted by Gasteiger charge is -2.29. The summed E-state index contributed by atoms with van der Waals surface area (Å²) in [6, 6.07) is 2.86. The van der Waals surface area contributed by atoms with Crippen LogP contribution in [-0.4, -0.2) is 28.1 Å². The minimum atomic E-state index is -0.958. The van der Waals surface area contributed by atoms with E-state index in [1.807, 2.05) is 13.8 Å². The van der Waals surface area contributed by atoms with Crippen molar-refractivity contribution in [3.63, 3.8) is 0 Å². The first-order chi connectivity index (χ1) is 8.76. The molecule has 3 N–H and O–H groups in total. The molecular formula is C14H22N2O3. The van der Waals surface area contributed by atoms with E-state index in [0.29, 0.717) is 11.3 Å². The fourth-order valence-corrected chi connectivity index (χ4v) is 1.79. The topological polar surface area (TPSA) is 82.2 Å². The predicted octanol–water partition coefficient (Wildman–Crippen LogP) is 1.21. The zero-order valence-electron chi connectivity index (χ0n) is 11.9. The van der Waals surface area contributed by atoms with Gasteiger partial charge in [0.25, 0.3) is 5.91 Å². The van der Waals surface area contributed by atoms with E-state index in [-0.39, 0.29) is 23.9 Å². The number of hydrogen-bond donors (Lipinski definition) is 3. The van der Waals surface area contributed by atoms with Crippen LogP contribution in [-0.2, 0) is 0 Å². The second kappa shape index (κ2) is 6.02. The van der Waals surface area contributed by atoms with Crippen LogP contribution in [0, 0.1) is 12.8 Å². The summed E-state index contributed by atoms with van der Waals surface area (Å²) in [6.45, 7) is 7.50. The molecule has 0 aliphatic heterocycles. The Morgan fingerprint density at radius 2 is 2.16 bits per heavy atom. The minimum Gasteiger partial charge on any atom is -0.388 e. The molecule has 1 aromatic heterocycles. The van der Waals surface area contributed by atoms with E-state index in [1.54, 1.807) is 19.9 Å². The van der Waals surface area contributed by atoms with E-state index in [0.717, 1.165) is 6.42 Å². The molecule has 5 nitrogen and oxygen atoms in total. The van der Waals surface area contributed by atoms with Crippen molar-refractivity contribution < 1.29 is 9.90 Å². The van der Waals surface area contributed by atoms with Crippen molar-refractivity contribution in [2.75, 3.05) is 6.54 Å². The van der Waals surface area contributed by atoms with Crippen LogP contribution < -0.4 is 10.9 Å². The monoisotopic (exact) mass is 266 g/mol. The number of aryl methyl sites for hydroxylation is 1. The Morgan fingerprint density at radius 1 is 1.53 bits per heavy atom. The lowest BCUT2D eigenvalue weighted by molar-refractivity contribution is 0.00592. The maximum atomic E-state index is 11.9. The largest absolute Gasteiger partial charge is 0.388 e. The van der Waals surface area contributed by atoms with Gasteiger partial charge >= 0.3 is 0 Å². The molecular weight excluding hydrogens is 244 g/mol. The summed E-state index contributed by atoms with van der Waals surface area (Å²) < 4.78 is 0. The molecule has 0 radical (unpaired) electrons. The van der Waals surface area contributed by atoms with E-state index in [1.165, 1.54) is 6.07 Å². The van der Waals surface area contributed by atoms with Gasteiger partial charge in [0, 0.05) is 23.9 Å². The molecule has 0 aliphatic carbocycles. The highest BCUT2D eigenvalue weighted by atomic mass is 16.3. The molecule has 2 unspecified atom stereocenters. The van der Waals surface area contributed by atoms with E-state index in [4.69, 9.17) is 0 Å². The quantitative estimate of drug-likeness (QED) is 0.749. The number of pyridine rings is 1. The standard InChI is InChI=1S/C14H22N2O3/c1-5-9(2)14(4,19)8-15-13(18)11-6-10(3)16-12(17)7-11/h6-7,9,19H,5,8H2,1-4H3,(H,15,18)(H,16,17). The van der Waals surface area contributed by atoms with E-state index in [2.05, 4.69) is 10.3 Å². The molecule has 19 heavy (non-hydrogen) atoms. The summed E-state index contributed by atoms with van der Waals surface area (Å²) in [4.78, 5) is 25.8. The SMILES string of the molecule is CCC(C)C(C)(O)CNC(=O)c1cc(C)[nH]c(=O)c1. The molecule has 0 aromatic carbocycles. The molecule has 0 aliphatic rings. The number of amides is 1. The van der Waals surface area contributed by atoms with Crippen molar-refractivity contribution in [2.45, 2.75) is 39.7 Å². The summed E-state index contributed by atoms with van der Waals surface area (Å²) in [5.41, 5.74) is -0.327. The van der Waals surface area contributed by atoms with Crippen LogP contribution in [0.5, 0.6) is 0 Å². The Kier molecular flexibility index (Phi) is 4.89.